The van der Waals surface area contributed by atoms with Gasteiger partial charge in [0, 0.05) is 28.5 Å². The van der Waals surface area contributed by atoms with Crippen molar-refractivity contribution >= 4 is 40.4 Å². The second kappa shape index (κ2) is 8.21. The molecule has 0 atom stereocenters. The molecule has 7 heteroatoms. The molecule has 2 N–H and O–H groups in total. The zero-order chi connectivity index (χ0) is 18.5. The first-order valence-electron chi connectivity index (χ1n) is 8.04. The minimum Gasteiger partial charge on any atom is -0.497 e. The van der Waals surface area contributed by atoms with Gasteiger partial charge in [-0.25, -0.2) is 0 Å². The molecule has 0 radical (unpaired) electrons. The lowest BCUT2D eigenvalue weighted by atomic mass is 10.2. The Balaban J connectivity index is 1.64. The van der Waals surface area contributed by atoms with Crippen LogP contribution in [0.4, 0.5) is 11.5 Å². The Morgan fingerprint density at radius 3 is 2.65 bits per heavy atom. The standard InChI is InChI=1S/C19H19ClN4OS/c1-13-10-18(23-24(13)12-14-6-8-15(20)9-7-14)22-19(26)21-16-4-3-5-17(11-16)25-2/h3-11H,12H2,1-2H3,(H2,21,22,23,26). The topological polar surface area (TPSA) is 51.1 Å². The summed E-state index contributed by atoms with van der Waals surface area (Å²) in [6.07, 6.45) is 0. The first kappa shape index (κ1) is 18.2. The van der Waals surface area contributed by atoms with Crippen molar-refractivity contribution in [3.63, 3.8) is 0 Å². The number of hydrogen-bond acceptors (Lipinski definition) is 3. The maximum Gasteiger partial charge on any atom is 0.176 e. The number of ether oxygens (including phenoxy) is 1. The highest BCUT2D eigenvalue weighted by molar-refractivity contribution is 7.80. The molecule has 0 aliphatic heterocycles. The Morgan fingerprint density at radius 2 is 1.92 bits per heavy atom. The predicted molar refractivity (Wildman–Crippen MR) is 110 cm³/mol. The maximum absolute atomic E-state index is 5.93. The highest BCUT2D eigenvalue weighted by Crippen LogP contribution is 2.18. The Kier molecular flexibility index (Phi) is 5.75. The Labute approximate surface area is 162 Å². The molecule has 3 aromatic rings. The van der Waals surface area contributed by atoms with Gasteiger partial charge in [-0.15, -0.1) is 0 Å². The van der Waals surface area contributed by atoms with Gasteiger partial charge >= 0.3 is 0 Å². The van der Waals surface area contributed by atoms with Crippen molar-refractivity contribution in [3.05, 3.63) is 70.9 Å². The molecular weight excluding hydrogens is 368 g/mol. The second-order valence-corrected chi connectivity index (χ2v) is 6.61. The molecule has 0 unspecified atom stereocenters. The van der Waals surface area contributed by atoms with E-state index in [9.17, 15) is 0 Å². The molecule has 0 aliphatic carbocycles. The monoisotopic (exact) mass is 386 g/mol. The van der Waals surface area contributed by atoms with Crippen molar-refractivity contribution in [3.8, 4) is 5.75 Å². The number of rotatable bonds is 5. The van der Waals surface area contributed by atoms with Crippen LogP contribution in [0.3, 0.4) is 0 Å². The van der Waals surface area contributed by atoms with E-state index in [-0.39, 0.29) is 0 Å². The summed E-state index contributed by atoms with van der Waals surface area (Å²) in [5.74, 6) is 1.46. The summed E-state index contributed by atoms with van der Waals surface area (Å²) >= 11 is 11.3. The third-order valence-corrected chi connectivity index (χ3v) is 4.25. The second-order valence-electron chi connectivity index (χ2n) is 5.77. The summed E-state index contributed by atoms with van der Waals surface area (Å²) in [5, 5.41) is 12.0. The molecule has 0 fully saturated rings. The van der Waals surface area contributed by atoms with Gasteiger partial charge in [-0.05, 0) is 49.0 Å². The quantitative estimate of drug-likeness (QED) is 0.622. The van der Waals surface area contributed by atoms with Crippen molar-refractivity contribution in [2.45, 2.75) is 13.5 Å². The fourth-order valence-electron chi connectivity index (χ4n) is 2.47. The summed E-state index contributed by atoms with van der Waals surface area (Å²) in [7, 11) is 1.63. The molecule has 0 saturated carbocycles. The molecule has 0 amide bonds. The van der Waals surface area contributed by atoms with Gasteiger partial charge in [0.05, 0.1) is 13.7 Å². The average molecular weight is 387 g/mol. The fourth-order valence-corrected chi connectivity index (χ4v) is 2.82. The van der Waals surface area contributed by atoms with Crippen LogP contribution >= 0.6 is 23.8 Å². The predicted octanol–water partition coefficient (Wildman–Crippen LogP) is 4.71. The zero-order valence-electron chi connectivity index (χ0n) is 14.5. The number of benzene rings is 2. The number of anilines is 2. The van der Waals surface area contributed by atoms with Crippen LogP contribution < -0.4 is 15.4 Å². The van der Waals surface area contributed by atoms with Crippen LogP contribution in [0.5, 0.6) is 5.75 Å². The molecule has 3 rings (SSSR count). The van der Waals surface area contributed by atoms with Crippen LogP contribution in [0.25, 0.3) is 0 Å². The van der Waals surface area contributed by atoms with E-state index in [1.54, 1.807) is 7.11 Å². The van der Waals surface area contributed by atoms with Crippen molar-refractivity contribution in [1.29, 1.82) is 0 Å². The molecule has 0 saturated heterocycles. The van der Waals surface area contributed by atoms with E-state index < -0.39 is 0 Å². The Bertz CT molecular complexity index is 908. The van der Waals surface area contributed by atoms with Gasteiger partial charge in [-0.1, -0.05) is 29.8 Å². The molecule has 0 bridgehead atoms. The van der Waals surface area contributed by atoms with Crippen LogP contribution in [0, 0.1) is 6.92 Å². The lowest BCUT2D eigenvalue weighted by molar-refractivity contribution is 0.415. The van der Waals surface area contributed by atoms with Gasteiger partial charge in [-0.2, -0.15) is 5.10 Å². The van der Waals surface area contributed by atoms with Crippen molar-refractivity contribution in [1.82, 2.24) is 9.78 Å². The SMILES string of the molecule is COc1cccc(NC(=S)Nc2cc(C)n(Cc3ccc(Cl)cc3)n2)c1. The molecule has 2 aromatic carbocycles. The number of thiocarbonyl (C=S) groups is 1. The first-order valence-corrected chi connectivity index (χ1v) is 8.83. The van der Waals surface area contributed by atoms with E-state index >= 15 is 0 Å². The fraction of sp³-hybridized carbons (Fsp3) is 0.158. The summed E-state index contributed by atoms with van der Waals surface area (Å²) in [5.41, 5.74) is 3.01. The van der Waals surface area contributed by atoms with E-state index in [2.05, 4.69) is 15.7 Å². The molecule has 1 aromatic heterocycles. The molecule has 0 aliphatic rings. The van der Waals surface area contributed by atoms with Crippen molar-refractivity contribution in [2.75, 3.05) is 17.7 Å². The van der Waals surface area contributed by atoms with Crippen LogP contribution in [-0.4, -0.2) is 22.0 Å². The third kappa shape index (κ3) is 4.74. The number of halogens is 1. The lowest BCUT2D eigenvalue weighted by Crippen LogP contribution is -2.19. The van der Waals surface area contributed by atoms with Crippen LogP contribution in [-0.2, 0) is 6.54 Å². The lowest BCUT2D eigenvalue weighted by Gasteiger charge is -2.09. The normalized spacial score (nSPS) is 10.4. The average Bonchev–Trinajstić information content (AvgIpc) is 2.96. The Hall–Kier alpha value is -2.57. The van der Waals surface area contributed by atoms with Crippen LogP contribution in [0.2, 0.25) is 5.02 Å². The van der Waals surface area contributed by atoms with Gasteiger partial charge in [0.25, 0.3) is 0 Å². The number of methoxy groups -OCH3 is 1. The third-order valence-electron chi connectivity index (χ3n) is 3.80. The minimum atomic E-state index is 0.467. The van der Waals surface area contributed by atoms with Gasteiger partial charge in [-0.3, -0.25) is 4.68 Å². The van der Waals surface area contributed by atoms with Crippen LogP contribution in [0.15, 0.2) is 54.6 Å². The van der Waals surface area contributed by atoms with E-state index in [0.717, 1.165) is 27.7 Å². The van der Waals surface area contributed by atoms with Gasteiger partial charge < -0.3 is 15.4 Å². The van der Waals surface area contributed by atoms with Crippen molar-refractivity contribution < 1.29 is 4.74 Å². The minimum absolute atomic E-state index is 0.467. The Morgan fingerprint density at radius 1 is 1.15 bits per heavy atom. The summed E-state index contributed by atoms with van der Waals surface area (Å²) in [4.78, 5) is 0. The van der Waals surface area contributed by atoms with Crippen LogP contribution in [0.1, 0.15) is 11.3 Å². The van der Waals surface area contributed by atoms with E-state index in [1.165, 1.54) is 0 Å². The molecule has 0 spiro atoms. The molecule has 134 valence electrons. The zero-order valence-corrected chi connectivity index (χ0v) is 16.1. The summed E-state index contributed by atoms with van der Waals surface area (Å²) in [6.45, 7) is 2.67. The van der Waals surface area contributed by atoms with Gasteiger partial charge in [0.2, 0.25) is 0 Å². The van der Waals surface area contributed by atoms with Crippen molar-refractivity contribution in [2.24, 2.45) is 0 Å². The van der Waals surface area contributed by atoms with E-state index in [4.69, 9.17) is 28.6 Å². The highest BCUT2D eigenvalue weighted by Gasteiger charge is 2.07. The van der Waals surface area contributed by atoms with Gasteiger partial charge in [0.15, 0.2) is 10.9 Å². The number of hydrogen-bond donors (Lipinski definition) is 2. The van der Waals surface area contributed by atoms with E-state index in [1.807, 2.05) is 66.2 Å². The number of aryl methyl sites for hydroxylation is 1. The van der Waals surface area contributed by atoms with Gasteiger partial charge in [0.1, 0.15) is 5.75 Å². The number of nitrogens with zero attached hydrogens (tertiary/aromatic N) is 2. The summed E-state index contributed by atoms with van der Waals surface area (Å²) < 4.78 is 7.13. The maximum atomic E-state index is 5.93. The first-order chi connectivity index (χ1) is 12.5. The smallest absolute Gasteiger partial charge is 0.176 e. The number of nitrogens with one attached hydrogen (secondary N) is 2. The highest BCUT2D eigenvalue weighted by atomic mass is 35.5. The van der Waals surface area contributed by atoms with E-state index in [0.29, 0.717) is 17.5 Å². The molecular formula is C19H19ClN4OS. The molecule has 1 heterocycles. The molecule has 5 nitrogen and oxygen atoms in total. The summed E-state index contributed by atoms with van der Waals surface area (Å²) in [6, 6.07) is 17.3. The largest absolute Gasteiger partial charge is 0.497 e. The number of aromatic nitrogens is 2. The molecule has 26 heavy (non-hydrogen) atoms.